The van der Waals surface area contributed by atoms with E-state index in [1.54, 1.807) is 0 Å². The second-order valence-corrected chi connectivity index (χ2v) is 7.71. The second-order valence-electron chi connectivity index (χ2n) is 5.46. The monoisotopic (exact) mass is 411 g/mol. The van der Waals surface area contributed by atoms with E-state index in [9.17, 15) is 30.4 Å². The van der Waals surface area contributed by atoms with Crippen LogP contribution in [-0.4, -0.2) is 48.1 Å². The van der Waals surface area contributed by atoms with Gasteiger partial charge in [0.1, 0.15) is 11.4 Å². The highest BCUT2D eigenvalue weighted by Crippen LogP contribution is 2.36. The van der Waals surface area contributed by atoms with Gasteiger partial charge < -0.3 is 4.74 Å². The number of halogens is 5. The molecule has 0 spiro atoms. The van der Waals surface area contributed by atoms with Gasteiger partial charge in [0, 0.05) is 12.3 Å². The fourth-order valence-electron chi connectivity index (χ4n) is 1.99. The standard InChI is InChI=1S/C15H14F5N3O3S/c1-3-27(24,25)10-5-4-6-21-13(10)12-9(2)7-11(22-23-12)26-8-14(16,17)15(18,19)20/h4-7H,3,8H2,1-2H3. The molecule has 0 radical (unpaired) electrons. The predicted molar refractivity (Wildman–Crippen MR) is 84.2 cm³/mol. The molecule has 2 aromatic rings. The summed E-state index contributed by atoms with van der Waals surface area (Å²) in [6.07, 6.45) is -4.42. The molecule has 0 amide bonds. The molecule has 0 aliphatic rings. The van der Waals surface area contributed by atoms with E-state index in [4.69, 9.17) is 0 Å². The number of hydrogen-bond acceptors (Lipinski definition) is 6. The van der Waals surface area contributed by atoms with Crippen molar-refractivity contribution in [3.63, 3.8) is 0 Å². The minimum atomic E-state index is -5.76. The van der Waals surface area contributed by atoms with Crippen LogP contribution in [0.1, 0.15) is 12.5 Å². The molecule has 12 heteroatoms. The van der Waals surface area contributed by atoms with Crippen molar-refractivity contribution in [1.29, 1.82) is 0 Å². The first kappa shape index (κ1) is 20.9. The Bertz CT molecular complexity index is 933. The summed E-state index contributed by atoms with van der Waals surface area (Å²) in [6.45, 7) is 0.932. The fourth-order valence-corrected chi connectivity index (χ4v) is 3.03. The summed E-state index contributed by atoms with van der Waals surface area (Å²) in [5, 5.41) is 7.13. The molecule has 2 aromatic heterocycles. The van der Waals surface area contributed by atoms with Crippen LogP contribution in [-0.2, 0) is 9.84 Å². The molecule has 148 valence electrons. The minimum absolute atomic E-state index is 0.00322. The Morgan fingerprint density at radius 3 is 2.33 bits per heavy atom. The molecule has 0 aliphatic carbocycles. The number of hydrogen-bond donors (Lipinski definition) is 0. The van der Waals surface area contributed by atoms with Crippen LogP contribution in [0.3, 0.4) is 0 Å². The van der Waals surface area contributed by atoms with E-state index in [1.807, 2.05) is 0 Å². The van der Waals surface area contributed by atoms with Gasteiger partial charge in [-0.1, -0.05) is 6.92 Å². The number of sulfone groups is 1. The van der Waals surface area contributed by atoms with Crippen LogP contribution in [0.4, 0.5) is 22.0 Å². The van der Waals surface area contributed by atoms with Crippen molar-refractivity contribution in [2.24, 2.45) is 0 Å². The molecule has 0 saturated heterocycles. The first-order chi connectivity index (χ1) is 12.4. The van der Waals surface area contributed by atoms with Crippen LogP contribution in [0.5, 0.6) is 5.88 Å². The molecule has 2 heterocycles. The quantitative estimate of drug-likeness (QED) is 0.679. The Labute approximate surface area is 151 Å². The number of pyridine rings is 1. The van der Waals surface area contributed by atoms with Crippen molar-refractivity contribution in [3.8, 4) is 17.3 Å². The lowest BCUT2D eigenvalue weighted by molar-refractivity contribution is -0.290. The third kappa shape index (κ3) is 4.49. The average Bonchev–Trinajstić information content (AvgIpc) is 2.59. The fraction of sp³-hybridized carbons (Fsp3) is 0.400. The van der Waals surface area contributed by atoms with Crippen molar-refractivity contribution < 1.29 is 35.1 Å². The first-order valence-electron chi connectivity index (χ1n) is 7.49. The predicted octanol–water partition coefficient (Wildman–Crippen LogP) is 3.22. The van der Waals surface area contributed by atoms with Gasteiger partial charge in [0.15, 0.2) is 16.4 Å². The minimum Gasteiger partial charge on any atom is -0.470 e. The molecule has 0 fully saturated rings. The van der Waals surface area contributed by atoms with Gasteiger partial charge in [-0.05, 0) is 24.6 Å². The molecule has 0 unspecified atom stereocenters. The van der Waals surface area contributed by atoms with Gasteiger partial charge >= 0.3 is 12.1 Å². The summed E-state index contributed by atoms with van der Waals surface area (Å²) < 4.78 is 91.1. The summed E-state index contributed by atoms with van der Waals surface area (Å²) in [7, 11) is -3.64. The smallest absolute Gasteiger partial charge is 0.456 e. The lowest BCUT2D eigenvalue weighted by atomic mass is 10.1. The highest BCUT2D eigenvalue weighted by molar-refractivity contribution is 7.91. The van der Waals surface area contributed by atoms with Gasteiger partial charge in [-0.3, -0.25) is 4.98 Å². The lowest BCUT2D eigenvalue weighted by Gasteiger charge is -2.19. The van der Waals surface area contributed by atoms with E-state index in [0.717, 1.165) is 6.07 Å². The van der Waals surface area contributed by atoms with Crippen molar-refractivity contribution in [2.45, 2.75) is 30.8 Å². The van der Waals surface area contributed by atoms with Crippen LogP contribution in [0.25, 0.3) is 11.4 Å². The number of alkyl halides is 5. The summed E-state index contributed by atoms with van der Waals surface area (Å²) >= 11 is 0. The number of aryl methyl sites for hydroxylation is 1. The molecule has 0 bridgehead atoms. The van der Waals surface area contributed by atoms with E-state index in [-0.39, 0.29) is 27.6 Å². The van der Waals surface area contributed by atoms with Crippen LogP contribution in [0, 0.1) is 6.92 Å². The number of rotatable bonds is 6. The second kappa shape index (κ2) is 7.33. The molecule has 0 aliphatic heterocycles. The van der Waals surface area contributed by atoms with Crippen molar-refractivity contribution in [2.75, 3.05) is 12.4 Å². The topological polar surface area (TPSA) is 82.0 Å². The number of ether oxygens (including phenoxy) is 1. The maximum atomic E-state index is 12.9. The SMILES string of the molecule is CCS(=O)(=O)c1cccnc1-c1nnc(OCC(F)(F)C(F)(F)F)cc1C. The van der Waals surface area contributed by atoms with Crippen molar-refractivity contribution in [3.05, 3.63) is 30.0 Å². The van der Waals surface area contributed by atoms with Crippen molar-refractivity contribution in [1.82, 2.24) is 15.2 Å². The average molecular weight is 411 g/mol. The molecule has 0 atom stereocenters. The van der Waals surface area contributed by atoms with Crippen LogP contribution >= 0.6 is 0 Å². The lowest BCUT2D eigenvalue weighted by Crippen LogP contribution is -2.41. The Kier molecular flexibility index (Phi) is 5.68. The van der Waals surface area contributed by atoms with Crippen molar-refractivity contribution >= 4 is 9.84 Å². The summed E-state index contributed by atoms with van der Waals surface area (Å²) in [5.74, 6) is -5.80. The highest BCUT2D eigenvalue weighted by Gasteiger charge is 2.58. The molecular formula is C15H14F5N3O3S. The summed E-state index contributed by atoms with van der Waals surface area (Å²) in [4.78, 5) is 3.88. The summed E-state index contributed by atoms with van der Waals surface area (Å²) in [6, 6.07) is 3.83. The molecule has 6 nitrogen and oxygen atoms in total. The zero-order valence-electron chi connectivity index (χ0n) is 14.1. The maximum absolute atomic E-state index is 12.9. The van der Waals surface area contributed by atoms with Crippen LogP contribution in [0.15, 0.2) is 29.3 Å². The zero-order chi connectivity index (χ0) is 20.5. The third-order valence-corrected chi connectivity index (χ3v) is 5.25. The van der Waals surface area contributed by atoms with E-state index in [1.165, 1.54) is 32.2 Å². The first-order valence-corrected chi connectivity index (χ1v) is 9.14. The molecular weight excluding hydrogens is 397 g/mol. The largest absolute Gasteiger partial charge is 0.470 e. The molecule has 0 N–H and O–H groups in total. The Hall–Kier alpha value is -2.37. The summed E-state index contributed by atoms with van der Waals surface area (Å²) in [5.41, 5.74) is 0.274. The number of nitrogens with zero attached hydrogens (tertiary/aromatic N) is 3. The van der Waals surface area contributed by atoms with Gasteiger partial charge in [-0.2, -0.15) is 22.0 Å². The van der Waals surface area contributed by atoms with Gasteiger partial charge in [-0.15, -0.1) is 10.2 Å². The maximum Gasteiger partial charge on any atom is 0.456 e. The Morgan fingerprint density at radius 2 is 1.78 bits per heavy atom. The van der Waals surface area contributed by atoms with E-state index in [0.29, 0.717) is 0 Å². The Morgan fingerprint density at radius 1 is 1.11 bits per heavy atom. The van der Waals surface area contributed by atoms with E-state index < -0.39 is 34.4 Å². The van der Waals surface area contributed by atoms with Gasteiger partial charge in [0.25, 0.3) is 0 Å². The van der Waals surface area contributed by atoms with Crippen LogP contribution in [0.2, 0.25) is 0 Å². The van der Waals surface area contributed by atoms with Gasteiger partial charge in [-0.25, -0.2) is 8.42 Å². The highest BCUT2D eigenvalue weighted by atomic mass is 32.2. The van der Waals surface area contributed by atoms with Gasteiger partial charge in [0.2, 0.25) is 5.88 Å². The normalized spacial score (nSPS) is 12.9. The Balaban J connectivity index is 2.34. The van der Waals surface area contributed by atoms with Crippen LogP contribution < -0.4 is 4.74 Å². The third-order valence-electron chi connectivity index (χ3n) is 3.49. The van der Waals surface area contributed by atoms with Gasteiger partial charge in [0.05, 0.1) is 10.6 Å². The number of aromatic nitrogens is 3. The van der Waals surface area contributed by atoms with E-state index >= 15 is 0 Å². The molecule has 2 rings (SSSR count). The molecule has 27 heavy (non-hydrogen) atoms. The zero-order valence-corrected chi connectivity index (χ0v) is 14.9. The van der Waals surface area contributed by atoms with E-state index in [2.05, 4.69) is 19.9 Å². The molecule has 0 aromatic carbocycles. The molecule has 0 saturated carbocycles.